The van der Waals surface area contributed by atoms with Gasteiger partial charge in [-0.3, -0.25) is 4.90 Å². The van der Waals surface area contributed by atoms with Crippen molar-refractivity contribution in [1.29, 1.82) is 0 Å². The lowest BCUT2D eigenvalue weighted by atomic mass is 9.91. The number of hydrogen-bond acceptors (Lipinski definition) is 1. The number of benzene rings is 1. The zero-order chi connectivity index (χ0) is 13.0. The summed E-state index contributed by atoms with van der Waals surface area (Å²) in [7, 11) is 0. The lowest BCUT2D eigenvalue weighted by Crippen LogP contribution is -2.40. The van der Waals surface area contributed by atoms with E-state index < -0.39 is 0 Å². The summed E-state index contributed by atoms with van der Waals surface area (Å²) in [6, 6.07) is 6.38. The van der Waals surface area contributed by atoms with Crippen molar-refractivity contribution in [1.82, 2.24) is 4.90 Å². The fraction of sp³-hybridized carbons (Fsp3) is 0.571. The van der Waals surface area contributed by atoms with Gasteiger partial charge in [-0.05, 0) is 37.9 Å². The lowest BCUT2D eigenvalue weighted by Gasteiger charge is -2.38. The zero-order valence-electron chi connectivity index (χ0n) is 10.3. The van der Waals surface area contributed by atoms with Crippen molar-refractivity contribution in [2.24, 2.45) is 0 Å². The minimum atomic E-state index is 0.681. The van der Waals surface area contributed by atoms with E-state index >= 15 is 0 Å². The molecule has 18 heavy (non-hydrogen) atoms. The lowest BCUT2D eigenvalue weighted by molar-refractivity contribution is 0.120. The van der Waals surface area contributed by atoms with Crippen LogP contribution in [0.2, 0.25) is 10.0 Å². The van der Waals surface area contributed by atoms with E-state index in [9.17, 15) is 0 Å². The van der Waals surface area contributed by atoms with E-state index in [1.165, 1.54) is 19.3 Å². The first-order valence-electron chi connectivity index (χ1n) is 6.45. The molecule has 1 aliphatic carbocycles. The summed E-state index contributed by atoms with van der Waals surface area (Å²) in [6.45, 7) is 1.86. The van der Waals surface area contributed by atoms with Crippen molar-refractivity contribution < 1.29 is 0 Å². The van der Waals surface area contributed by atoms with Crippen LogP contribution in [0.15, 0.2) is 18.2 Å². The number of rotatable bonds is 6. The largest absolute Gasteiger partial charge is 0.296 e. The van der Waals surface area contributed by atoms with Crippen LogP contribution in [0.25, 0.3) is 0 Å². The highest BCUT2D eigenvalue weighted by molar-refractivity contribution is 6.35. The Morgan fingerprint density at radius 1 is 1.17 bits per heavy atom. The van der Waals surface area contributed by atoms with Crippen LogP contribution in [-0.2, 0) is 6.54 Å². The number of hydrogen-bond donors (Lipinski definition) is 0. The summed E-state index contributed by atoms with van der Waals surface area (Å²) in [5, 5.41) is 1.52. The predicted molar refractivity (Wildman–Crippen MR) is 79.8 cm³/mol. The van der Waals surface area contributed by atoms with E-state index in [0.29, 0.717) is 11.9 Å². The molecule has 0 bridgehead atoms. The van der Waals surface area contributed by atoms with Crippen LogP contribution in [0.5, 0.6) is 0 Å². The molecule has 0 radical (unpaired) electrons. The van der Waals surface area contributed by atoms with Gasteiger partial charge in [-0.2, -0.15) is 0 Å². The highest BCUT2D eigenvalue weighted by Crippen LogP contribution is 2.30. The third-order valence-electron chi connectivity index (χ3n) is 3.59. The van der Waals surface area contributed by atoms with Crippen molar-refractivity contribution >= 4 is 34.8 Å². The SMILES string of the molecule is ClCCCN(Cc1c(Cl)cccc1Cl)C1CCC1. The van der Waals surface area contributed by atoms with Crippen LogP contribution in [-0.4, -0.2) is 23.4 Å². The minimum absolute atomic E-state index is 0.681. The average Bonchev–Trinajstić information content (AvgIpc) is 2.28. The molecule has 0 heterocycles. The second-order valence-corrected chi connectivity index (χ2v) is 5.99. The van der Waals surface area contributed by atoms with Crippen LogP contribution in [0.4, 0.5) is 0 Å². The first-order valence-corrected chi connectivity index (χ1v) is 7.74. The zero-order valence-corrected chi connectivity index (χ0v) is 12.6. The Morgan fingerprint density at radius 2 is 1.83 bits per heavy atom. The highest BCUT2D eigenvalue weighted by Gasteiger charge is 2.25. The van der Waals surface area contributed by atoms with Crippen molar-refractivity contribution in [2.75, 3.05) is 12.4 Å². The summed E-state index contributed by atoms with van der Waals surface area (Å²) in [4.78, 5) is 2.47. The van der Waals surface area contributed by atoms with E-state index in [2.05, 4.69) is 4.90 Å². The van der Waals surface area contributed by atoms with E-state index in [4.69, 9.17) is 34.8 Å². The average molecular weight is 307 g/mol. The maximum absolute atomic E-state index is 6.24. The Morgan fingerprint density at radius 3 is 2.33 bits per heavy atom. The van der Waals surface area contributed by atoms with Gasteiger partial charge in [0, 0.05) is 34.1 Å². The Balaban J connectivity index is 2.07. The third kappa shape index (κ3) is 3.54. The molecule has 0 amide bonds. The Labute approximate surface area is 124 Å². The second-order valence-electron chi connectivity index (χ2n) is 4.80. The van der Waals surface area contributed by atoms with Gasteiger partial charge >= 0.3 is 0 Å². The van der Waals surface area contributed by atoms with Crippen LogP contribution in [0.1, 0.15) is 31.2 Å². The van der Waals surface area contributed by atoms with Crippen LogP contribution in [0, 0.1) is 0 Å². The van der Waals surface area contributed by atoms with Crippen molar-refractivity contribution in [3.63, 3.8) is 0 Å². The summed E-state index contributed by atoms with van der Waals surface area (Å²) in [6.07, 6.45) is 4.91. The second kappa shape index (κ2) is 7.00. The molecular weight excluding hydrogens is 289 g/mol. The molecule has 0 aromatic heterocycles. The van der Waals surface area contributed by atoms with Gasteiger partial charge in [0.15, 0.2) is 0 Å². The molecule has 0 unspecified atom stereocenters. The predicted octanol–water partition coefficient (Wildman–Crippen LogP) is 4.98. The molecule has 1 aromatic carbocycles. The first-order chi connectivity index (χ1) is 8.72. The van der Waals surface area contributed by atoms with Crippen LogP contribution >= 0.6 is 34.8 Å². The molecule has 0 atom stereocenters. The summed E-state index contributed by atoms with van der Waals surface area (Å²) < 4.78 is 0. The van der Waals surface area contributed by atoms with Crippen molar-refractivity contribution in [3.05, 3.63) is 33.8 Å². The summed E-state index contributed by atoms with van der Waals surface area (Å²) >= 11 is 18.3. The maximum atomic E-state index is 6.24. The summed E-state index contributed by atoms with van der Waals surface area (Å²) in [5.74, 6) is 0.708. The topological polar surface area (TPSA) is 3.24 Å². The molecule has 0 aliphatic heterocycles. The fourth-order valence-electron chi connectivity index (χ4n) is 2.29. The Bertz CT molecular complexity index is 370. The third-order valence-corrected chi connectivity index (χ3v) is 4.57. The van der Waals surface area contributed by atoms with Crippen molar-refractivity contribution in [2.45, 2.75) is 38.3 Å². The minimum Gasteiger partial charge on any atom is -0.296 e. The van der Waals surface area contributed by atoms with Crippen LogP contribution in [0.3, 0.4) is 0 Å². The van der Waals surface area contributed by atoms with Crippen molar-refractivity contribution in [3.8, 4) is 0 Å². The molecule has 1 aliphatic rings. The molecule has 100 valence electrons. The number of nitrogens with zero attached hydrogens (tertiary/aromatic N) is 1. The molecular formula is C14H18Cl3N. The van der Waals surface area contributed by atoms with E-state index in [1.807, 2.05) is 18.2 Å². The molecule has 4 heteroatoms. The number of alkyl halides is 1. The van der Waals surface area contributed by atoms with Crippen LogP contribution < -0.4 is 0 Å². The van der Waals surface area contributed by atoms with Gasteiger partial charge < -0.3 is 0 Å². The molecule has 0 N–H and O–H groups in total. The van der Waals surface area contributed by atoms with E-state index in [1.54, 1.807) is 0 Å². The molecule has 0 spiro atoms. The molecule has 1 fully saturated rings. The van der Waals surface area contributed by atoms with E-state index in [0.717, 1.165) is 35.1 Å². The molecule has 1 saturated carbocycles. The van der Waals surface area contributed by atoms with Gasteiger partial charge in [0.05, 0.1) is 0 Å². The quantitative estimate of drug-likeness (QED) is 0.670. The molecule has 0 saturated heterocycles. The molecule has 2 rings (SSSR count). The number of halogens is 3. The molecule has 1 aromatic rings. The normalized spacial score (nSPS) is 16.0. The van der Waals surface area contributed by atoms with Gasteiger partial charge in [0.25, 0.3) is 0 Å². The van der Waals surface area contributed by atoms with Gasteiger partial charge in [-0.1, -0.05) is 35.7 Å². The Hall–Kier alpha value is 0.0500. The van der Waals surface area contributed by atoms with Gasteiger partial charge in [0.2, 0.25) is 0 Å². The smallest absolute Gasteiger partial charge is 0.0465 e. The highest BCUT2D eigenvalue weighted by atomic mass is 35.5. The first kappa shape index (κ1) is 14.5. The van der Waals surface area contributed by atoms with Gasteiger partial charge in [0.1, 0.15) is 0 Å². The van der Waals surface area contributed by atoms with E-state index in [-0.39, 0.29) is 0 Å². The molecule has 1 nitrogen and oxygen atoms in total. The standard InChI is InChI=1S/C14H18Cl3N/c15-8-3-9-18(11-4-1-5-11)10-12-13(16)6-2-7-14(12)17/h2,6-7,11H,1,3-5,8-10H2. The Kier molecular flexibility index (Phi) is 5.62. The maximum Gasteiger partial charge on any atom is 0.0465 e. The summed E-state index contributed by atoms with van der Waals surface area (Å²) in [5.41, 5.74) is 1.04. The monoisotopic (exact) mass is 305 g/mol. The fourth-order valence-corrected chi connectivity index (χ4v) is 2.93. The van der Waals surface area contributed by atoms with Gasteiger partial charge in [-0.25, -0.2) is 0 Å². The van der Waals surface area contributed by atoms with Gasteiger partial charge in [-0.15, -0.1) is 11.6 Å².